The summed E-state index contributed by atoms with van der Waals surface area (Å²) in [6.07, 6.45) is 4.32. The Hall–Kier alpha value is -4.82. The number of benzene rings is 3. The predicted octanol–water partition coefficient (Wildman–Crippen LogP) is 7.51. The molecule has 0 saturated heterocycles. The maximum absolute atomic E-state index is 12.3. The van der Waals surface area contributed by atoms with Gasteiger partial charge in [0.15, 0.2) is 17.3 Å². The van der Waals surface area contributed by atoms with Crippen molar-refractivity contribution in [3.8, 4) is 17.1 Å². The van der Waals surface area contributed by atoms with Gasteiger partial charge in [-0.05, 0) is 53.9 Å². The minimum atomic E-state index is 0.159. The Bertz CT molecular complexity index is 1970. The van der Waals surface area contributed by atoms with Crippen LogP contribution in [0.2, 0.25) is 0 Å². The minimum Gasteiger partial charge on any atom is -0.340 e. The van der Waals surface area contributed by atoms with Gasteiger partial charge in [-0.3, -0.25) is 9.89 Å². The van der Waals surface area contributed by atoms with Crippen molar-refractivity contribution in [3.05, 3.63) is 96.1 Å². The summed E-state index contributed by atoms with van der Waals surface area (Å²) in [7, 11) is 0. The zero-order chi connectivity index (χ0) is 25.6. The number of aromatic nitrogens is 5. The number of hydrogen-bond donors (Lipinski definition) is 2. The molecule has 38 heavy (non-hydrogen) atoms. The molecule has 2 N–H and O–H groups in total. The fourth-order valence-electron chi connectivity index (χ4n) is 4.67. The normalized spacial score (nSPS) is 11.5. The maximum Gasteiger partial charge on any atom is 0.172 e. The lowest BCUT2D eigenvalue weighted by Gasteiger charge is -2.11. The zero-order valence-corrected chi connectivity index (χ0v) is 21.3. The van der Waals surface area contributed by atoms with Crippen LogP contribution < -0.4 is 5.32 Å². The van der Waals surface area contributed by atoms with Gasteiger partial charge in [0, 0.05) is 39.6 Å². The lowest BCUT2D eigenvalue weighted by atomic mass is 10.1. The molecule has 0 aliphatic rings. The second kappa shape index (κ2) is 8.93. The first-order valence-corrected chi connectivity index (χ1v) is 13.2. The van der Waals surface area contributed by atoms with Crippen molar-refractivity contribution < 1.29 is 4.79 Å². The highest BCUT2D eigenvalue weighted by molar-refractivity contribution is 7.20. The predicted molar refractivity (Wildman–Crippen MR) is 154 cm³/mol. The van der Waals surface area contributed by atoms with Gasteiger partial charge in [0.2, 0.25) is 0 Å². The third-order valence-electron chi connectivity index (χ3n) is 6.66. The van der Waals surface area contributed by atoms with E-state index in [1.165, 1.54) is 11.3 Å². The monoisotopic (exact) mass is 514 g/mol. The third-order valence-corrected chi connectivity index (χ3v) is 7.79. The molecule has 0 aliphatic carbocycles. The summed E-state index contributed by atoms with van der Waals surface area (Å²) < 4.78 is 3.12. The molecule has 0 unspecified atom stereocenters. The van der Waals surface area contributed by atoms with Crippen LogP contribution in [0.15, 0.2) is 91.3 Å². The summed E-state index contributed by atoms with van der Waals surface area (Å²) in [6.45, 7) is 1.89. The first-order chi connectivity index (χ1) is 18.7. The van der Waals surface area contributed by atoms with E-state index in [0.29, 0.717) is 12.2 Å². The van der Waals surface area contributed by atoms with Crippen LogP contribution >= 0.6 is 11.3 Å². The Balaban J connectivity index is 1.39. The summed E-state index contributed by atoms with van der Waals surface area (Å²) in [6, 6.07) is 26.4. The summed E-state index contributed by atoms with van der Waals surface area (Å²) in [4.78, 5) is 23.1. The van der Waals surface area contributed by atoms with Crippen LogP contribution in [0.3, 0.4) is 0 Å². The van der Waals surface area contributed by atoms with Crippen LogP contribution in [0.25, 0.3) is 49.1 Å². The molecule has 0 spiro atoms. The van der Waals surface area contributed by atoms with Gasteiger partial charge in [-0.2, -0.15) is 5.10 Å². The number of para-hydroxylation sites is 1. The van der Waals surface area contributed by atoms with E-state index in [9.17, 15) is 4.79 Å². The van der Waals surface area contributed by atoms with Crippen molar-refractivity contribution in [1.29, 1.82) is 0 Å². The lowest BCUT2D eigenvalue weighted by Crippen LogP contribution is -2.01. The topological polar surface area (TPSA) is 88.5 Å². The fraction of sp³-hybridized carbons (Fsp3) is 0.0667. The van der Waals surface area contributed by atoms with Crippen molar-refractivity contribution in [1.82, 2.24) is 24.7 Å². The zero-order valence-electron chi connectivity index (χ0n) is 20.5. The molecule has 7 nitrogen and oxygen atoms in total. The number of H-pyrrole nitrogens is 1. The molecule has 0 radical (unpaired) electrons. The smallest absolute Gasteiger partial charge is 0.172 e. The summed E-state index contributed by atoms with van der Waals surface area (Å²) in [5.74, 6) is 1.49. The van der Waals surface area contributed by atoms with E-state index < -0.39 is 0 Å². The van der Waals surface area contributed by atoms with Gasteiger partial charge in [0.25, 0.3) is 0 Å². The molecular weight excluding hydrogens is 492 g/mol. The Labute approximate surface area is 221 Å². The first kappa shape index (κ1) is 22.4. The second-order valence-corrected chi connectivity index (χ2v) is 10.2. The number of fused-ring (bicyclic) bond motifs is 3. The van der Waals surface area contributed by atoms with Crippen LogP contribution in [-0.4, -0.2) is 30.5 Å². The molecular formula is C30H22N6OS. The van der Waals surface area contributed by atoms with Crippen LogP contribution in [0.5, 0.6) is 0 Å². The van der Waals surface area contributed by atoms with Crippen LogP contribution in [0.4, 0.5) is 11.5 Å². The van der Waals surface area contributed by atoms with E-state index in [1.807, 2.05) is 73.8 Å². The van der Waals surface area contributed by atoms with Crippen molar-refractivity contribution in [2.45, 2.75) is 13.3 Å². The largest absolute Gasteiger partial charge is 0.340 e. The van der Waals surface area contributed by atoms with Gasteiger partial charge in [0.05, 0.1) is 22.0 Å². The van der Waals surface area contributed by atoms with E-state index >= 15 is 0 Å². The molecule has 3 aromatic carbocycles. The summed E-state index contributed by atoms with van der Waals surface area (Å²) in [5.41, 5.74) is 4.61. The highest BCUT2D eigenvalue weighted by Gasteiger charge is 2.16. The average molecular weight is 515 g/mol. The number of anilines is 2. The minimum absolute atomic E-state index is 0.159. The Kier molecular flexibility index (Phi) is 5.26. The second-order valence-electron chi connectivity index (χ2n) is 9.09. The van der Waals surface area contributed by atoms with Crippen molar-refractivity contribution >= 4 is 60.6 Å². The Morgan fingerprint density at radius 2 is 1.87 bits per heavy atom. The molecule has 4 aromatic heterocycles. The standard InChI is InChI=1S/C30H22N6OS/c1-2-25(37)27-15-18-8-9-19(16-26(18)38-27)28-33-29(32-21-10-11-24-20(14-21)17-31-35-24)23-12-13-36(30(23)34-28)22-6-4-3-5-7-22/h3-17H,2H2,1H3,(H,31,35)(H,32,33,34). The maximum atomic E-state index is 12.3. The van der Waals surface area contributed by atoms with Gasteiger partial charge in [-0.1, -0.05) is 37.3 Å². The van der Waals surface area contributed by atoms with E-state index in [1.54, 1.807) is 6.20 Å². The molecule has 7 rings (SSSR count). The van der Waals surface area contributed by atoms with Gasteiger partial charge in [-0.25, -0.2) is 9.97 Å². The molecule has 184 valence electrons. The van der Waals surface area contributed by atoms with Gasteiger partial charge in [0.1, 0.15) is 5.82 Å². The summed E-state index contributed by atoms with van der Waals surface area (Å²) in [5, 5.41) is 13.6. The van der Waals surface area contributed by atoms with Crippen molar-refractivity contribution in [3.63, 3.8) is 0 Å². The Morgan fingerprint density at radius 3 is 2.74 bits per heavy atom. The van der Waals surface area contributed by atoms with Crippen LogP contribution in [0, 0.1) is 0 Å². The number of Topliss-reactive ketones (excluding diaryl/α,β-unsaturated/α-hetero) is 1. The third kappa shape index (κ3) is 3.82. The first-order valence-electron chi connectivity index (χ1n) is 12.4. The van der Waals surface area contributed by atoms with Crippen LogP contribution in [-0.2, 0) is 0 Å². The molecule has 0 bridgehead atoms. The van der Waals surface area contributed by atoms with Crippen molar-refractivity contribution in [2.75, 3.05) is 5.32 Å². The molecule has 0 amide bonds. The molecule has 0 atom stereocenters. The molecule has 0 fully saturated rings. The van der Waals surface area contributed by atoms with E-state index in [-0.39, 0.29) is 5.78 Å². The van der Waals surface area contributed by atoms with E-state index in [0.717, 1.165) is 59.7 Å². The quantitative estimate of drug-likeness (QED) is 0.224. The average Bonchev–Trinajstić information content (AvgIpc) is 3.70. The number of nitrogens with zero attached hydrogens (tertiary/aromatic N) is 4. The number of rotatable bonds is 6. The van der Waals surface area contributed by atoms with Crippen LogP contribution in [0.1, 0.15) is 23.0 Å². The number of carbonyl (C=O) groups is 1. The highest BCUT2D eigenvalue weighted by Crippen LogP contribution is 2.34. The number of ketones is 1. The number of hydrogen-bond acceptors (Lipinski definition) is 6. The Morgan fingerprint density at radius 1 is 0.974 bits per heavy atom. The fourth-order valence-corrected chi connectivity index (χ4v) is 5.79. The molecule has 0 saturated carbocycles. The van der Waals surface area contributed by atoms with E-state index in [4.69, 9.17) is 9.97 Å². The molecule has 7 aromatic rings. The number of thiophene rings is 1. The number of aromatic amines is 1. The van der Waals surface area contributed by atoms with Gasteiger partial charge < -0.3 is 9.88 Å². The number of carbonyl (C=O) groups excluding carboxylic acids is 1. The summed E-state index contributed by atoms with van der Waals surface area (Å²) >= 11 is 1.52. The van der Waals surface area contributed by atoms with E-state index in [2.05, 4.69) is 38.3 Å². The van der Waals surface area contributed by atoms with Crippen molar-refractivity contribution in [2.24, 2.45) is 0 Å². The molecule has 8 heteroatoms. The molecule has 4 heterocycles. The lowest BCUT2D eigenvalue weighted by molar-refractivity contribution is 0.0992. The number of nitrogens with one attached hydrogen (secondary N) is 2. The molecule has 0 aliphatic heterocycles. The van der Waals surface area contributed by atoms with Gasteiger partial charge >= 0.3 is 0 Å². The highest BCUT2D eigenvalue weighted by atomic mass is 32.1. The SMILES string of the molecule is CCC(=O)c1cc2ccc(-c3nc(Nc4ccc5[nH]ncc5c4)c4ccn(-c5ccccc5)c4n3)cc2s1. The van der Waals surface area contributed by atoms with Gasteiger partial charge in [-0.15, -0.1) is 11.3 Å².